The molecular weight excluding hydrogens is 404 g/mol. The summed E-state index contributed by atoms with van der Waals surface area (Å²) >= 11 is 0. The zero-order chi connectivity index (χ0) is 21.7. The third-order valence-electron chi connectivity index (χ3n) is 6.69. The maximum atomic E-state index is 13.8. The third kappa shape index (κ3) is 2.97. The number of hydrogen-bond acceptors (Lipinski definition) is 5. The Balaban J connectivity index is 1.50. The second-order valence-electron chi connectivity index (χ2n) is 8.68. The zero-order valence-corrected chi connectivity index (χ0v) is 17.9. The normalized spacial score (nSPS) is 19.2. The Hall–Kier alpha value is -3.68. The van der Waals surface area contributed by atoms with Crippen LogP contribution in [0, 0.1) is 5.92 Å². The lowest BCUT2D eigenvalue weighted by molar-refractivity contribution is 0.256. The molecule has 32 heavy (non-hydrogen) atoms. The summed E-state index contributed by atoms with van der Waals surface area (Å²) in [6, 6.07) is 11.8. The number of pyridine rings is 1. The number of fused-ring (bicyclic) bond motifs is 3. The van der Waals surface area contributed by atoms with Crippen molar-refractivity contribution in [3.63, 3.8) is 0 Å². The van der Waals surface area contributed by atoms with Gasteiger partial charge in [-0.3, -0.25) is 9.13 Å². The highest BCUT2D eigenvalue weighted by Gasteiger charge is 2.29. The minimum Gasteiger partial charge on any atom is -0.346 e. The third-order valence-corrected chi connectivity index (χ3v) is 6.69. The molecule has 0 saturated heterocycles. The maximum absolute atomic E-state index is 13.8. The molecule has 0 bridgehead atoms. The molecule has 1 fully saturated rings. The highest BCUT2D eigenvalue weighted by Crippen LogP contribution is 2.36. The SMILES string of the molecule is C[C@@H]1CCCC[C@@H]1n1c(=O)n(Cc2noc(-c3ccccc3)n2)c2cnc3[nH]ccc3c21. The number of aromatic amines is 1. The average molecular weight is 428 g/mol. The van der Waals surface area contributed by atoms with Gasteiger partial charge in [0.05, 0.1) is 23.8 Å². The van der Waals surface area contributed by atoms with Crippen molar-refractivity contribution in [3.8, 4) is 11.5 Å². The van der Waals surface area contributed by atoms with Gasteiger partial charge in [0.25, 0.3) is 5.89 Å². The van der Waals surface area contributed by atoms with Gasteiger partial charge in [0.2, 0.25) is 0 Å². The molecular formula is C24H24N6O2. The van der Waals surface area contributed by atoms with Crippen LogP contribution in [0.5, 0.6) is 0 Å². The second-order valence-corrected chi connectivity index (χ2v) is 8.68. The van der Waals surface area contributed by atoms with Crippen LogP contribution in [0.2, 0.25) is 0 Å². The van der Waals surface area contributed by atoms with Gasteiger partial charge in [0.1, 0.15) is 5.65 Å². The Morgan fingerprint density at radius 3 is 2.84 bits per heavy atom. The van der Waals surface area contributed by atoms with Gasteiger partial charge in [0, 0.05) is 23.2 Å². The van der Waals surface area contributed by atoms with Crippen molar-refractivity contribution in [2.75, 3.05) is 0 Å². The number of imidazole rings is 1. The smallest absolute Gasteiger partial charge is 0.329 e. The second kappa shape index (κ2) is 7.47. The van der Waals surface area contributed by atoms with Crippen LogP contribution in [0.4, 0.5) is 0 Å². The molecule has 4 aromatic heterocycles. The average Bonchev–Trinajstić information content (AvgIpc) is 3.54. The van der Waals surface area contributed by atoms with Gasteiger partial charge in [-0.2, -0.15) is 4.98 Å². The topological polar surface area (TPSA) is 94.5 Å². The Bertz CT molecular complexity index is 1460. The van der Waals surface area contributed by atoms with Crippen LogP contribution in [-0.2, 0) is 6.54 Å². The Kier molecular flexibility index (Phi) is 4.45. The van der Waals surface area contributed by atoms with Crippen molar-refractivity contribution >= 4 is 22.1 Å². The van der Waals surface area contributed by atoms with E-state index in [0.29, 0.717) is 17.6 Å². The molecule has 1 aliphatic rings. The van der Waals surface area contributed by atoms with Gasteiger partial charge >= 0.3 is 5.69 Å². The van der Waals surface area contributed by atoms with Crippen molar-refractivity contribution in [1.29, 1.82) is 0 Å². The van der Waals surface area contributed by atoms with Crippen LogP contribution >= 0.6 is 0 Å². The molecule has 162 valence electrons. The van der Waals surface area contributed by atoms with E-state index < -0.39 is 0 Å². The van der Waals surface area contributed by atoms with Gasteiger partial charge < -0.3 is 9.51 Å². The Morgan fingerprint density at radius 2 is 2.00 bits per heavy atom. The van der Waals surface area contributed by atoms with Crippen molar-refractivity contribution in [3.05, 3.63) is 65.1 Å². The number of aromatic nitrogens is 6. The molecule has 0 spiro atoms. The van der Waals surface area contributed by atoms with E-state index in [1.807, 2.05) is 47.2 Å². The van der Waals surface area contributed by atoms with Crippen molar-refractivity contribution in [1.82, 2.24) is 29.2 Å². The van der Waals surface area contributed by atoms with Crippen LogP contribution < -0.4 is 5.69 Å². The first kappa shape index (κ1) is 19.0. The molecule has 8 heteroatoms. The number of benzene rings is 1. The van der Waals surface area contributed by atoms with E-state index in [2.05, 4.69) is 27.0 Å². The number of rotatable bonds is 4. The van der Waals surface area contributed by atoms with Crippen LogP contribution in [0.3, 0.4) is 0 Å². The molecule has 1 aliphatic carbocycles. The van der Waals surface area contributed by atoms with Gasteiger partial charge in [0.15, 0.2) is 5.82 Å². The van der Waals surface area contributed by atoms with Gasteiger partial charge in [-0.25, -0.2) is 9.78 Å². The summed E-state index contributed by atoms with van der Waals surface area (Å²) in [6.07, 6.45) is 8.15. The summed E-state index contributed by atoms with van der Waals surface area (Å²) in [4.78, 5) is 26.0. The predicted molar refractivity (Wildman–Crippen MR) is 121 cm³/mol. The van der Waals surface area contributed by atoms with Gasteiger partial charge in [-0.05, 0) is 37.0 Å². The van der Waals surface area contributed by atoms with Crippen LogP contribution in [0.25, 0.3) is 33.5 Å². The lowest BCUT2D eigenvalue weighted by atomic mass is 9.85. The van der Waals surface area contributed by atoms with E-state index >= 15 is 0 Å². The largest absolute Gasteiger partial charge is 0.346 e. The molecule has 1 aromatic carbocycles. The minimum atomic E-state index is -0.0414. The number of H-pyrrole nitrogens is 1. The molecule has 1 saturated carbocycles. The Morgan fingerprint density at radius 1 is 1.16 bits per heavy atom. The summed E-state index contributed by atoms with van der Waals surface area (Å²) < 4.78 is 9.20. The molecule has 4 heterocycles. The molecule has 0 radical (unpaired) electrons. The molecule has 0 unspecified atom stereocenters. The highest BCUT2D eigenvalue weighted by molar-refractivity contribution is 6.01. The van der Waals surface area contributed by atoms with E-state index in [-0.39, 0.29) is 18.3 Å². The predicted octanol–water partition coefficient (Wildman–Crippen LogP) is 4.53. The standard InChI is InChI=1S/C24H24N6O2/c1-15-7-5-6-10-18(15)30-21-17-11-12-25-22(17)26-13-19(21)29(24(30)31)14-20-27-23(32-28-20)16-8-3-2-4-9-16/h2-4,8-9,11-13,15,18H,5-7,10,14H2,1H3,(H,25,26)/t15-,18+/m1/s1. The molecule has 5 aromatic rings. The van der Waals surface area contributed by atoms with Gasteiger partial charge in [-0.1, -0.05) is 43.1 Å². The van der Waals surface area contributed by atoms with E-state index in [1.165, 1.54) is 6.42 Å². The number of nitrogens with one attached hydrogen (secondary N) is 1. The molecule has 6 rings (SSSR count). The van der Waals surface area contributed by atoms with E-state index in [0.717, 1.165) is 46.9 Å². The van der Waals surface area contributed by atoms with Crippen molar-refractivity contribution in [2.24, 2.45) is 5.92 Å². The first-order valence-electron chi connectivity index (χ1n) is 11.2. The van der Waals surface area contributed by atoms with Crippen molar-refractivity contribution in [2.45, 2.75) is 45.2 Å². The fraction of sp³-hybridized carbons (Fsp3) is 0.333. The summed E-state index contributed by atoms with van der Waals surface area (Å²) in [6.45, 7) is 2.48. The summed E-state index contributed by atoms with van der Waals surface area (Å²) in [7, 11) is 0. The number of hydrogen-bond donors (Lipinski definition) is 1. The monoisotopic (exact) mass is 428 g/mol. The molecule has 8 nitrogen and oxygen atoms in total. The number of nitrogens with zero attached hydrogens (tertiary/aromatic N) is 5. The first-order valence-corrected chi connectivity index (χ1v) is 11.2. The Labute approximate surface area is 183 Å². The fourth-order valence-corrected chi connectivity index (χ4v) is 5.06. The summed E-state index contributed by atoms with van der Waals surface area (Å²) in [5.74, 6) is 1.36. The molecule has 0 amide bonds. The van der Waals surface area contributed by atoms with E-state index in [1.54, 1.807) is 10.8 Å². The molecule has 0 aliphatic heterocycles. The van der Waals surface area contributed by atoms with Gasteiger partial charge in [-0.15, -0.1) is 0 Å². The van der Waals surface area contributed by atoms with E-state index in [4.69, 9.17) is 4.52 Å². The van der Waals surface area contributed by atoms with Crippen molar-refractivity contribution < 1.29 is 4.52 Å². The summed E-state index contributed by atoms with van der Waals surface area (Å²) in [5, 5.41) is 5.11. The maximum Gasteiger partial charge on any atom is 0.329 e. The lowest BCUT2D eigenvalue weighted by Gasteiger charge is -2.29. The zero-order valence-electron chi connectivity index (χ0n) is 17.9. The minimum absolute atomic E-state index is 0.0414. The summed E-state index contributed by atoms with van der Waals surface area (Å²) in [5.41, 5.74) is 3.34. The van der Waals surface area contributed by atoms with Crippen LogP contribution in [-0.4, -0.2) is 29.2 Å². The lowest BCUT2D eigenvalue weighted by Crippen LogP contribution is -2.32. The van der Waals surface area contributed by atoms with Crippen LogP contribution in [0.15, 0.2) is 58.1 Å². The molecule has 2 atom stereocenters. The van der Waals surface area contributed by atoms with Crippen LogP contribution in [0.1, 0.15) is 44.5 Å². The quantitative estimate of drug-likeness (QED) is 0.454. The van der Waals surface area contributed by atoms with E-state index in [9.17, 15) is 4.79 Å². The first-order chi connectivity index (χ1) is 15.7. The molecule has 1 N–H and O–H groups in total. The highest BCUT2D eigenvalue weighted by atomic mass is 16.5. The fourth-order valence-electron chi connectivity index (χ4n) is 5.06.